The van der Waals surface area contributed by atoms with Crippen molar-refractivity contribution < 1.29 is 0 Å². The van der Waals surface area contributed by atoms with Crippen molar-refractivity contribution in [2.24, 2.45) is 0 Å². The van der Waals surface area contributed by atoms with Crippen molar-refractivity contribution in [3.05, 3.63) is 216 Å². The Hall–Kier alpha value is -6.38. The van der Waals surface area contributed by atoms with Crippen LogP contribution in [-0.4, -0.2) is 9.97 Å². The number of nitrogens with zero attached hydrogens (tertiary/aromatic N) is 2. The van der Waals surface area contributed by atoms with Crippen molar-refractivity contribution in [1.82, 2.24) is 9.97 Å². The largest absolute Gasteiger partial charge is 0.228 e. The minimum atomic E-state index is -0.575. The molecular formula is C47H32N2. The fourth-order valence-corrected chi connectivity index (χ4v) is 7.62. The van der Waals surface area contributed by atoms with E-state index in [4.69, 9.17) is 9.97 Å². The van der Waals surface area contributed by atoms with E-state index in [0.717, 1.165) is 28.1 Å². The molecule has 2 nitrogen and oxygen atoms in total. The molecule has 2 heteroatoms. The molecule has 1 aliphatic rings. The highest BCUT2D eigenvalue weighted by molar-refractivity contribution is 5.92. The Labute approximate surface area is 287 Å². The Kier molecular flexibility index (Phi) is 7.06. The van der Waals surface area contributed by atoms with Gasteiger partial charge in [-0.3, -0.25) is 0 Å². The van der Waals surface area contributed by atoms with Crippen LogP contribution in [0.15, 0.2) is 194 Å². The standard InChI is InChI=1S/C47H32N2/c1-4-16-33(17-5-1)44-32-45(34-18-6-2-7-19-34)49-46(48-44)35-28-30-37(31-29-35)47(36-20-8-3-9-21-36)42-26-14-12-24-40(42)38-22-10-11-23-39(38)41-25-13-15-27-43(41)47/h1-32H. The molecular weight excluding hydrogens is 593 g/mol. The van der Waals surface area contributed by atoms with Gasteiger partial charge in [0.15, 0.2) is 5.82 Å². The molecule has 0 unspecified atom stereocenters. The van der Waals surface area contributed by atoms with Crippen LogP contribution in [0.2, 0.25) is 0 Å². The summed E-state index contributed by atoms with van der Waals surface area (Å²) in [5.41, 5.74) is 14.3. The second kappa shape index (κ2) is 12.0. The number of hydrogen-bond acceptors (Lipinski definition) is 2. The van der Waals surface area contributed by atoms with E-state index in [2.05, 4.69) is 182 Å². The summed E-state index contributed by atoms with van der Waals surface area (Å²) in [4.78, 5) is 10.2. The molecule has 9 rings (SSSR count). The highest BCUT2D eigenvalue weighted by Gasteiger charge is 2.43. The van der Waals surface area contributed by atoms with Crippen molar-refractivity contribution >= 4 is 0 Å². The number of benzene rings is 7. The van der Waals surface area contributed by atoms with Crippen molar-refractivity contribution in [2.45, 2.75) is 5.41 Å². The number of rotatable bonds is 5. The third kappa shape index (κ3) is 4.80. The summed E-state index contributed by atoms with van der Waals surface area (Å²) in [5, 5.41) is 0. The summed E-state index contributed by atoms with van der Waals surface area (Å²) in [6, 6.07) is 69.4. The zero-order valence-electron chi connectivity index (χ0n) is 26.9. The maximum atomic E-state index is 5.12. The van der Waals surface area contributed by atoms with Crippen LogP contribution < -0.4 is 0 Å². The Morgan fingerprint density at radius 1 is 0.306 bits per heavy atom. The lowest BCUT2D eigenvalue weighted by Gasteiger charge is -2.38. The van der Waals surface area contributed by atoms with E-state index in [9.17, 15) is 0 Å². The first-order valence-corrected chi connectivity index (χ1v) is 16.8. The molecule has 0 N–H and O–H groups in total. The quantitative estimate of drug-likeness (QED) is 0.190. The first kappa shape index (κ1) is 28.8. The maximum absolute atomic E-state index is 5.12. The van der Waals surface area contributed by atoms with Gasteiger partial charge in [0.05, 0.1) is 16.8 Å². The van der Waals surface area contributed by atoms with E-state index in [0.29, 0.717) is 5.82 Å². The second-order valence-electron chi connectivity index (χ2n) is 12.5. The molecule has 0 bridgehead atoms. The van der Waals surface area contributed by atoms with E-state index in [1.807, 2.05) is 12.1 Å². The third-order valence-electron chi connectivity index (χ3n) is 9.82. The van der Waals surface area contributed by atoms with Crippen molar-refractivity contribution in [2.75, 3.05) is 0 Å². The number of aromatic nitrogens is 2. The van der Waals surface area contributed by atoms with Crippen LogP contribution in [0.4, 0.5) is 0 Å². The Balaban J connectivity index is 1.29. The predicted octanol–water partition coefficient (Wildman–Crippen LogP) is 11.5. The Morgan fingerprint density at radius 3 is 1.18 bits per heavy atom. The smallest absolute Gasteiger partial charge is 0.160 e. The van der Waals surface area contributed by atoms with Crippen LogP contribution in [-0.2, 0) is 5.41 Å². The molecule has 0 spiro atoms. The van der Waals surface area contributed by atoms with E-state index in [-0.39, 0.29) is 0 Å². The van der Waals surface area contributed by atoms with Gasteiger partial charge in [-0.15, -0.1) is 0 Å². The third-order valence-corrected chi connectivity index (χ3v) is 9.82. The second-order valence-corrected chi connectivity index (χ2v) is 12.5. The minimum Gasteiger partial charge on any atom is -0.228 e. The molecule has 0 saturated heterocycles. The van der Waals surface area contributed by atoms with Gasteiger partial charge in [0.2, 0.25) is 0 Å². The molecule has 0 fully saturated rings. The molecule has 49 heavy (non-hydrogen) atoms. The van der Waals surface area contributed by atoms with Gasteiger partial charge >= 0.3 is 0 Å². The van der Waals surface area contributed by atoms with Gasteiger partial charge in [-0.05, 0) is 50.6 Å². The van der Waals surface area contributed by atoms with Crippen LogP contribution >= 0.6 is 0 Å². The predicted molar refractivity (Wildman–Crippen MR) is 201 cm³/mol. The molecule has 0 saturated carbocycles. The maximum Gasteiger partial charge on any atom is 0.160 e. The summed E-state index contributed by atoms with van der Waals surface area (Å²) in [6.45, 7) is 0. The van der Waals surface area contributed by atoms with Gasteiger partial charge in [0.25, 0.3) is 0 Å². The summed E-state index contributed by atoms with van der Waals surface area (Å²) < 4.78 is 0. The summed E-state index contributed by atoms with van der Waals surface area (Å²) in [6.07, 6.45) is 0. The van der Waals surface area contributed by atoms with E-state index >= 15 is 0 Å². The zero-order valence-corrected chi connectivity index (χ0v) is 26.9. The lowest BCUT2D eigenvalue weighted by atomic mass is 9.63. The molecule has 0 radical (unpaired) electrons. The normalized spacial score (nSPS) is 12.7. The molecule has 1 heterocycles. The van der Waals surface area contributed by atoms with Gasteiger partial charge in [0, 0.05) is 16.7 Å². The van der Waals surface area contributed by atoms with Crippen LogP contribution in [0.25, 0.3) is 56.2 Å². The minimum absolute atomic E-state index is 0.575. The van der Waals surface area contributed by atoms with Crippen molar-refractivity contribution in [3.63, 3.8) is 0 Å². The molecule has 1 aromatic heterocycles. The molecule has 230 valence electrons. The number of fused-ring (bicyclic) bond motifs is 5. The fraction of sp³-hybridized carbons (Fsp3) is 0.0213. The topological polar surface area (TPSA) is 25.8 Å². The zero-order chi connectivity index (χ0) is 32.6. The lowest BCUT2D eigenvalue weighted by Crippen LogP contribution is -2.31. The molecule has 7 aromatic carbocycles. The van der Waals surface area contributed by atoms with Gasteiger partial charge in [0.1, 0.15) is 0 Å². The Morgan fingerprint density at radius 2 is 0.694 bits per heavy atom. The Bertz CT molecular complexity index is 2290. The number of hydrogen-bond donors (Lipinski definition) is 0. The highest BCUT2D eigenvalue weighted by Crippen LogP contribution is 2.54. The highest BCUT2D eigenvalue weighted by atomic mass is 14.9. The van der Waals surface area contributed by atoms with Crippen LogP contribution in [0, 0.1) is 0 Å². The van der Waals surface area contributed by atoms with Crippen LogP contribution in [0.3, 0.4) is 0 Å². The average molecular weight is 625 g/mol. The van der Waals surface area contributed by atoms with Crippen molar-refractivity contribution in [3.8, 4) is 56.2 Å². The average Bonchev–Trinajstić information content (AvgIpc) is 3.30. The first-order valence-electron chi connectivity index (χ1n) is 16.8. The van der Waals surface area contributed by atoms with E-state index in [1.54, 1.807) is 0 Å². The molecule has 0 amide bonds. The van der Waals surface area contributed by atoms with Gasteiger partial charge < -0.3 is 0 Å². The lowest BCUT2D eigenvalue weighted by molar-refractivity contribution is 0.751. The van der Waals surface area contributed by atoms with Crippen molar-refractivity contribution in [1.29, 1.82) is 0 Å². The van der Waals surface area contributed by atoms with Crippen LogP contribution in [0.1, 0.15) is 22.3 Å². The SMILES string of the molecule is c1ccc(-c2cc(-c3ccccc3)nc(-c3ccc(C4(c5ccccc5)c5ccccc5-c5ccccc5-c5ccccc54)cc3)n2)cc1. The summed E-state index contributed by atoms with van der Waals surface area (Å²) in [7, 11) is 0. The van der Waals surface area contributed by atoms with E-state index in [1.165, 1.54) is 44.5 Å². The fourth-order valence-electron chi connectivity index (χ4n) is 7.62. The van der Waals surface area contributed by atoms with Crippen LogP contribution in [0.5, 0.6) is 0 Å². The van der Waals surface area contributed by atoms with Gasteiger partial charge in [-0.2, -0.15) is 0 Å². The molecule has 8 aromatic rings. The summed E-state index contributed by atoms with van der Waals surface area (Å²) >= 11 is 0. The molecule has 1 aliphatic carbocycles. The van der Waals surface area contributed by atoms with E-state index < -0.39 is 5.41 Å². The molecule has 0 aliphatic heterocycles. The summed E-state index contributed by atoms with van der Waals surface area (Å²) in [5.74, 6) is 0.703. The van der Waals surface area contributed by atoms with Gasteiger partial charge in [-0.25, -0.2) is 9.97 Å². The van der Waals surface area contributed by atoms with Gasteiger partial charge in [-0.1, -0.05) is 188 Å². The first-order chi connectivity index (χ1) is 24.3. The monoisotopic (exact) mass is 624 g/mol. The molecule has 0 atom stereocenters.